The van der Waals surface area contributed by atoms with Crippen molar-refractivity contribution in [2.45, 2.75) is 38.6 Å². The minimum absolute atomic E-state index is 0.0405. The zero-order valence-corrected chi connectivity index (χ0v) is 13.0. The first-order valence-corrected chi connectivity index (χ1v) is 7.76. The van der Waals surface area contributed by atoms with E-state index in [0.29, 0.717) is 24.5 Å². The normalized spacial score (nSPS) is 19.6. The number of carbonyl (C=O) groups excluding carboxylic acids is 2. The third-order valence-electron chi connectivity index (χ3n) is 4.29. The van der Waals surface area contributed by atoms with E-state index in [1.54, 1.807) is 7.05 Å². The van der Waals surface area contributed by atoms with Gasteiger partial charge in [0.15, 0.2) is 0 Å². The molecule has 3 rings (SSSR count). The number of benzene rings is 1. The molecule has 0 unspecified atom stereocenters. The summed E-state index contributed by atoms with van der Waals surface area (Å²) in [5.74, 6) is 0.306. The van der Waals surface area contributed by atoms with E-state index in [1.807, 2.05) is 0 Å². The van der Waals surface area contributed by atoms with Gasteiger partial charge in [0.05, 0.1) is 6.04 Å². The molecule has 0 spiro atoms. The average molecular weight is 299 g/mol. The third-order valence-corrected chi connectivity index (χ3v) is 4.29. The van der Waals surface area contributed by atoms with Gasteiger partial charge in [0, 0.05) is 19.9 Å². The smallest absolute Gasteiger partial charge is 0.267 e. The summed E-state index contributed by atoms with van der Waals surface area (Å²) in [6.45, 7) is 2.05. The van der Waals surface area contributed by atoms with Crippen LogP contribution in [0, 0.1) is 12.8 Å². The molecule has 0 radical (unpaired) electrons. The van der Waals surface area contributed by atoms with E-state index in [4.69, 9.17) is 0 Å². The van der Waals surface area contributed by atoms with Crippen molar-refractivity contribution in [1.29, 1.82) is 0 Å². The zero-order valence-electron chi connectivity index (χ0n) is 13.0. The molecule has 1 heterocycles. The number of hydrazone groups is 1. The summed E-state index contributed by atoms with van der Waals surface area (Å²) in [5, 5.41) is 8.46. The van der Waals surface area contributed by atoms with E-state index >= 15 is 0 Å². The van der Waals surface area contributed by atoms with Crippen molar-refractivity contribution < 1.29 is 9.59 Å². The number of amides is 2. The number of rotatable bonds is 4. The van der Waals surface area contributed by atoms with Crippen LogP contribution < -0.4 is 5.32 Å². The Morgan fingerprint density at radius 3 is 2.55 bits per heavy atom. The molecule has 5 nitrogen and oxygen atoms in total. The summed E-state index contributed by atoms with van der Waals surface area (Å²) in [6, 6.07) is 8.34. The van der Waals surface area contributed by atoms with Crippen LogP contribution in [0.15, 0.2) is 29.4 Å². The highest BCUT2D eigenvalue weighted by atomic mass is 16.2. The van der Waals surface area contributed by atoms with E-state index in [-0.39, 0.29) is 17.9 Å². The lowest BCUT2D eigenvalue weighted by Gasteiger charge is -2.22. The quantitative estimate of drug-likeness (QED) is 0.926. The Labute approximate surface area is 130 Å². The van der Waals surface area contributed by atoms with Crippen molar-refractivity contribution in [3.63, 3.8) is 0 Å². The topological polar surface area (TPSA) is 61.8 Å². The Balaban J connectivity index is 1.74. The largest absolute Gasteiger partial charge is 0.344 e. The van der Waals surface area contributed by atoms with Crippen LogP contribution in [0.1, 0.15) is 42.9 Å². The predicted octanol–water partition coefficient (Wildman–Crippen LogP) is 2.17. The molecule has 5 heteroatoms. The molecular weight excluding hydrogens is 278 g/mol. The van der Waals surface area contributed by atoms with Crippen molar-refractivity contribution in [3.05, 3.63) is 35.4 Å². The molecule has 1 aliphatic heterocycles. The summed E-state index contributed by atoms with van der Waals surface area (Å²) in [4.78, 5) is 23.9. The van der Waals surface area contributed by atoms with Gasteiger partial charge in [-0.25, -0.2) is 5.01 Å². The molecule has 1 aromatic carbocycles. The summed E-state index contributed by atoms with van der Waals surface area (Å²) in [5.41, 5.74) is 2.79. The van der Waals surface area contributed by atoms with Gasteiger partial charge < -0.3 is 5.32 Å². The molecule has 1 fully saturated rings. The van der Waals surface area contributed by atoms with Gasteiger partial charge in [-0.2, -0.15) is 5.10 Å². The number of nitrogens with zero attached hydrogens (tertiary/aromatic N) is 2. The molecule has 116 valence electrons. The fourth-order valence-electron chi connectivity index (χ4n) is 2.73. The van der Waals surface area contributed by atoms with Crippen LogP contribution in [-0.4, -0.2) is 29.6 Å². The molecule has 1 atom stereocenters. The van der Waals surface area contributed by atoms with Crippen LogP contribution in [0.2, 0.25) is 0 Å². The van der Waals surface area contributed by atoms with E-state index in [2.05, 4.69) is 41.6 Å². The van der Waals surface area contributed by atoms with Gasteiger partial charge in [-0.05, 0) is 31.2 Å². The molecule has 0 aromatic heterocycles. The molecular formula is C17H21N3O2. The van der Waals surface area contributed by atoms with E-state index in [9.17, 15) is 9.59 Å². The third kappa shape index (κ3) is 3.18. The second kappa shape index (κ2) is 5.91. The summed E-state index contributed by atoms with van der Waals surface area (Å²) in [7, 11) is 1.59. The van der Waals surface area contributed by atoms with E-state index in [0.717, 1.165) is 18.4 Å². The molecule has 1 saturated carbocycles. The Kier molecular flexibility index (Phi) is 3.96. The van der Waals surface area contributed by atoms with Gasteiger partial charge >= 0.3 is 0 Å². The molecule has 22 heavy (non-hydrogen) atoms. The SMILES string of the molecule is Cc1ccc([C@@H](NC(=O)C2=NN(C)C(=O)CC2)C2CC2)cc1. The molecule has 0 saturated heterocycles. The minimum Gasteiger partial charge on any atom is -0.344 e. The second-order valence-electron chi connectivity index (χ2n) is 6.16. The number of carbonyl (C=O) groups is 2. The number of hydrogen-bond acceptors (Lipinski definition) is 3. The number of nitrogens with one attached hydrogen (secondary N) is 1. The Morgan fingerprint density at radius 2 is 1.95 bits per heavy atom. The molecule has 0 bridgehead atoms. The van der Waals surface area contributed by atoms with Gasteiger partial charge in [0.2, 0.25) is 5.91 Å². The lowest BCUT2D eigenvalue weighted by atomic mass is 10.0. The molecule has 2 amide bonds. The lowest BCUT2D eigenvalue weighted by molar-refractivity contribution is -0.130. The van der Waals surface area contributed by atoms with Gasteiger partial charge in [-0.3, -0.25) is 9.59 Å². The highest BCUT2D eigenvalue weighted by Gasteiger charge is 2.34. The lowest BCUT2D eigenvalue weighted by Crippen LogP contribution is -2.39. The van der Waals surface area contributed by atoms with E-state index < -0.39 is 0 Å². The van der Waals surface area contributed by atoms with Crippen LogP contribution in [0.4, 0.5) is 0 Å². The highest BCUT2D eigenvalue weighted by molar-refractivity contribution is 6.39. The highest BCUT2D eigenvalue weighted by Crippen LogP contribution is 2.41. The first-order chi connectivity index (χ1) is 10.5. The molecule has 1 aromatic rings. The predicted molar refractivity (Wildman–Crippen MR) is 84.2 cm³/mol. The molecule has 2 aliphatic rings. The Hall–Kier alpha value is -2.17. The van der Waals surface area contributed by atoms with Crippen molar-refractivity contribution in [1.82, 2.24) is 10.3 Å². The van der Waals surface area contributed by atoms with Gasteiger partial charge in [-0.15, -0.1) is 0 Å². The molecule has 1 N–H and O–H groups in total. The van der Waals surface area contributed by atoms with Crippen LogP contribution in [0.3, 0.4) is 0 Å². The Morgan fingerprint density at radius 1 is 1.27 bits per heavy atom. The fraction of sp³-hybridized carbons (Fsp3) is 0.471. The number of hydrogen-bond donors (Lipinski definition) is 1. The average Bonchev–Trinajstić information content (AvgIpc) is 3.33. The first kappa shape index (κ1) is 14.8. The number of aryl methyl sites for hydroxylation is 1. The summed E-state index contributed by atoms with van der Waals surface area (Å²) >= 11 is 0. The van der Waals surface area contributed by atoms with Gasteiger partial charge in [0.25, 0.3) is 5.91 Å². The van der Waals surface area contributed by atoms with Gasteiger partial charge in [-0.1, -0.05) is 29.8 Å². The zero-order chi connectivity index (χ0) is 15.7. The Bertz CT molecular complexity index is 617. The van der Waals surface area contributed by atoms with Crippen molar-refractivity contribution >= 4 is 17.5 Å². The van der Waals surface area contributed by atoms with Crippen molar-refractivity contribution in [2.24, 2.45) is 11.0 Å². The van der Waals surface area contributed by atoms with Crippen LogP contribution in [-0.2, 0) is 9.59 Å². The van der Waals surface area contributed by atoms with Crippen LogP contribution >= 0.6 is 0 Å². The van der Waals surface area contributed by atoms with Gasteiger partial charge in [0.1, 0.15) is 5.71 Å². The van der Waals surface area contributed by atoms with E-state index in [1.165, 1.54) is 10.6 Å². The standard InChI is InChI=1S/C17H21N3O2/c1-11-3-5-12(6-4-11)16(13-7-8-13)18-17(22)14-9-10-15(21)20(2)19-14/h3-6,13,16H,7-10H2,1-2H3,(H,18,22)/t16-/m1/s1. The maximum Gasteiger partial charge on any atom is 0.267 e. The maximum absolute atomic E-state index is 12.5. The first-order valence-electron chi connectivity index (χ1n) is 7.76. The van der Waals surface area contributed by atoms with Crippen LogP contribution in [0.5, 0.6) is 0 Å². The molecule has 1 aliphatic carbocycles. The minimum atomic E-state index is -0.156. The van der Waals surface area contributed by atoms with Crippen molar-refractivity contribution in [3.8, 4) is 0 Å². The summed E-state index contributed by atoms with van der Waals surface area (Å²) in [6.07, 6.45) is 3.05. The summed E-state index contributed by atoms with van der Waals surface area (Å²) < 4.78 is 0. The monoisotopic (exact) mass is 299 g/mol. The fourth-order valence-corrected chi connectivity index (χ4v) is 2.73. The second-order valence-corrected chi connectivity index (χ2v) is 6.16. The maximum atomic E-state index is 12.5. The van der Waals surface area contributed by atoms with Crippen molar-refractivity contribution in [2.75, 3.05) is 7.05 Å². The van der Waals surface area contributed by atoms with Crippen LogP contribution in [0.25, 0.3) is 0 Å².